The van der Waals surface area contributed by atoms with Crippen LogP contribution in [0.4, 0.5) is 0 Å². The summed E-state index contributed by atoms with van der Waals surface area (Å²) < 4.78 is 37.1. The third kappa shape index (κ3) is 4.01. The van der Waals surface area contributed by atoms with E-state index in [4.69, 9.17) is 15.9 Å². The summed E-state index contributed by atoms with van der Waals surface area (Å²) in [6.07, 6.45) is 6.72. The third-order valence-electron chi connectivity index (χ3n) is 3.81. The lowest BCUT2D eigenvalue weighted by Crippen LogP contribution is -2.39. The smallest absolute Gasteiger partial charge is 0.243 e. The first-order valence-electron chi connectivity index (χ1n) is 7.23. The van der Waals surface area contributed by atoms with E-state index in [9.17, 15) is 8.42 Å². The number of hydrogen-bond acceptors (Lipinski definition) is 4. The van der Waals surface area contributed by atoms with Crippen molar-refractivity contribution in [3.05, 3.63) is 24.3 Å². The molecule has 1 heterocycles. The maximum atomic E-state index is 12.6. The standard InChI is InChI=1S/C16H21NO4S/c1-3-12-21-13-14-8-10-17(11-9-14)22(18,19)16-6-4-15(20-2)5-7-16/h1,4-7,14H,8-13H2,2H3. The second kappa shape index (κ2) is 7.63. The molecule has 0 unspecified atom stereocenters. The average Bonchev–Trinajstić information content (AvgIpc) is 2.55. The van der Waals surface area contributed by atoms with E-state index in [0.29, 0.717) is 42.9 Å². The highest BCUT2D eigenvalue weighted by atomic mass is 32.2. The molecule has 1 aromatic rings. The van der Waals surface area contributed by atoms with Crippen molar-refractivity contribution in [2.24, 2.45) is 5.92 Å². The molecule has 1 fully saturated rings. The van der Waals surface area contributed by atoms with E-state index in [1.807, 2.05) is 0 Å². The maximum absolute atomic E-state index is 12.6. The minimum Gasteiger partial charge on any atom is -0.497 e. The minimum atomic E-state index is -3.43. The predicted molar refractivity (Wildman–Crippen MR) is 84.1 cm³/mol. The second-order valence-electron chi connectivity index (χ2n) is 5.24. The summed E-state index contributed by atoms with van der Waals surface area (Å²) in [6.45, 7) is 1.93. The molecule has 1 aliphatic rings. The van der Waals surface area contributed by atoms with Gasteiger partial charge < -0.3 is 9.47 Å². The maximum Gasteiger partial charge on any atom is 0.243 e. The molecule has 120 valence electrons. The van der Waals surface area contributed by atoms with Gasteiger partial charge in [-0.3, -0.25) is 0 Å². The fourth-order valence-corrected chi connectivity index (χ4v) is 3.97. The van der Waals surface area contributed by atoms with Gasteiger partial charge in [0.1, 0.15) is 12.4 Å². The number of methoxy groups -OCH3 is 1. The number of terminal acetylenes is 1. The number of nitrogens with zero attached hydrogens (tertiary/aromatic N) is 1. The molecule has 5 nitrogen and oxygen atoms in total. The summed E-state index contributed by atoms with van der Waals surface area (Å²) in [6, 6.07) is 6.48. The zero-order chi connectivity index (χ0) is 16.0. The van der Waals surface area contributed by atoms with Crippen LogP contribution in [0, 0.1) is 18.3 Å². The summed E-state index contributed by atoms with van der Waals surface area (Å²) in [5.41, 5.74) is 0. The Bertz CT molecular complexity index is 611. The lowest BCUT2D eigenvalue weighted by atomic mass is 9.99. The van der Waals surface area contributed by atoms with Gasteiger partial charge in [0.05, 0.1) is 18.6 Å². The lowest BCUT2D eigenvalue weighted by molar-refractivity contribution is 0.101. The van der Waals surface area contributed by atoms with Gasteiger partial charge in [-0.15, -0.1) is 6.42 Å². The monoisotopic (exact) mass is 323 g/mol. The molecule has 22 heavy (non-hydrogen) atoms. The molecule has 0 spiro atoms. The SMILES string of the molecule is C#CCOCC1CCN(S(=O)(=O)c2ccc(OC)cc2)CC1. The molecule has 1 saturated heterocycles. The molecule has 0 amide bonds. The molecule has 1 aromatic carbocycles. The molecule has 1 aliphatic heterocycles. The third-order valence-corrected chi connectivity index (χ3v) is 5.72. The van der Waals surface area contributed by atoms with Gasteiger partial charge in [-0.2, -0.15) is 4.31 Å². The van der Waals surface area contributed by atoms with Crippen LogP contribution < -0.4 is 4.74 Å². The Morgan fingerprint density at radius 2 is 1.91 bits per heavy atom. The highest BCUT2D eigenvalue weighted by Crippen LogP contribution is 2.25. The molecule has 0 atom stereocenters. The molecule has 6 heteroatoms. The Hall–Kier alpha value is -1.55. The molecule has 2 rings (SSSR count). The van der Waals surface area contributed by atoms with Gasteiger partial charge in [0.25, 0.3) is 0 Å². The van der Waals surface area contributed by atoms with Crippen LogP contribution in [0.25, 0.3) is 0 Å². The molecule has 0 aliphatic carbocycles. The molecule has 0 N–H and O–H groups in total. The number of hydrogen-bond donors (Lipinski definition) is 0. The molecular weight excluding hydrogens is 302 g/mol. The number of sulfonamides is 1. The van der Waals surface area contributed by atoms with Crippen molar-refractivity contribution in [1.82, 2.24) is 4.31 Å². The van der Waals surface area contributed by atoms with Gasteiger partial charge in [-0.05, 0) is 43.0 Å². The van der Waals surface area contributed by atoms with Crippen molar-refractivity contribution in [2.75, 3.05) is 33.4 Å². The Morgan fingerprint density at radius 1 is 1.27 bits per heavy atom. The van der Waals surface area contributed by atoms with Crippen molar-refractivity contribution in [2.45, 2.75) is 17.7 Å². The largest absolute Gasteiger partial charge is 0.497 e. The van der Waals surface area contributed by atoms with Crippen molar-refractivity contribution >= 4 is 10.0 Å². The van der Waals surface area contributed by atoms with Crippen LogP contribution in [0.2, 0.25) is 0 Å². The first kappa shape index (κ1) is 16.8. The second-order valence-corrected chi connectivity index (χ2v) is 7.18. The fraction of sp³-hybridized carbons (Fsp3) is 0.500. The zero-order valence-electron chi connectivity index (χ0n) is 12.7. The van der Waals surface area contributed by atoms with Gasteiger partial charge in [-0.1, -0.05) is 5.92 Å². The highest BCUT2D eigenvalue weighted by molar-refractivity contribution is 7.89. The first-order valence-corrected chi connectivity index (χ1v) is 8.67. The normalized spacial score (nSPS) is 17.1. The van der Waals surface area contributed by atoms with Crippen LogP contribution in [-0.2, 0) is 14.8 Å². The van der Waals surface area contributed by atoms with E-state index in [2.05, 4.69) is 5.92 Å². The van der Waals surface area contributed by atoms with Gasteiger partial charge in [0.2, 0.25) is 10.0 Å². The molecule has 0 aromatic heterocycles. The van der Waals surface area contributed by atoms with E-state index < -0.39 is 10.0 Å². The molecule has 0 bridgehead atoms. The number of benzene rings is 1. The van der Waals surface area contributed by atoms with E-state index in [-0.39, 0.29) is 0 Å². The Balaban J connectivity index is 1.95. The van der Waals surface area contributed by atoms with Crippen LogP contribution in [0.1, 0.15) is 12.8 Å². The lowest BCUT2D eigenvalue weighted by Gasteiger charge is -2.31. The first-order chi connectivity index (χ1) is 10.6. The Labute approximate surface area is 132 Å². The van der Waals surface area contributed by atoms with Gasteiger partial charge in [0, 0.05) is 13.1 Å². The Kier molecular flexibility index (Phi) is 5.83. The van der Waals surface area contributed by atoms with Crippen LogP contribution in [-0.4, -0.2) is 46.1 Å². The van der Waals surface area contributed by atoms with Crippen molar-refractivity contribution in [3.63, 3.8) is 0 Å². The van der Waals surface area contributed by atoms with E-state index >= 15 is 0 Å². The quantitative estimate of drug-likeness (QED) is 0.591. The summed E-state index contributed by atoms with van der Waals surface area (Å²) in [5.74, 6) is 3.45. The molecular formula is C16H21NO4S. The van der Waals surface area contributed by atoms with Crippen LogP contribution >= 0.6 is 0 Å². The van der Waals surface area contributed by atoms with E-state index in [1.165, 1.54) is 4.31 Å². The topological polar surface area (TPSA) is 55.8 Å². The van der Waals surface area contributed by atoms with Crippen LogP contribution in [0.5, 0.6) is 5.75 Å². The zero-order valence-corrected chi connectivity index (χ0v) is 13.5. The van der Waals surface area contributed by atoms with E-state index in [1.54, 1.807) is 31.4 Å². The molecule has 0 radical (unpaired) electrons. The Morgan fingerprint density at radius 3 is 2.45 bits per heavy atom. The summed E-state index contributed by atoms with van der Waals surface area (Å²) in [5, 5.41) is 0. The van der Waals surface area contributed by atoms with Crippen molar-refractivity contribution in [3.8, 4) is 18.1 Å². The summed E-state index contributed by atoms with van der Waals surface area (Å²) >= 11 is 0. The van der Waals surface area contributed by atoms with Gasteiger partial charge in [0.15, 0.2) is 0 Å². The highest BCUT2D eigenvalue weighted by Gasteiger charge is 2.29. The van der Waals surface area contributed by atoms with Crippen molar-refractivity contribution in [1.29, 1.82) is 0 Å². The number of rotatable bonds is 6. The fourth-order valence-electron chi connectivity index (χ4n) is 2.50. The van der Waals surface area contributed by atoms with Crippen LogP contribution in [0.3, 0.4) is 0 Å². The van der Waals surface area contributed by atoms with E-state index in [0.717, 1.165) is 12.8 Å². The van der Waals surface area contributed by atoms with Crippen molar-refractivity contribution < 1.29 is 17.9 Å². The number of ether oxygens (including phenoxy) is 2. The number of piperidine rings is 1. The predicted octanol–water partition coefficient (Wildman–Crippen LogP) is 1.75. The summed E-state index contributed by atoms with van der Waals surface area (Å²) in [4.78, 5) is 0.301. The molecule has 0 saturated carbocycles. The summed E-state index contributed by atoms with van der Waals surface area (Å²) in [7, 11) is -1.88. The van der Waals surface area contributed by atoms with Gasteiger partial charge >= 0.3 is 0 Å². The van der Waals surface area contributed by atoms with Crippen LogP contribution in [0.15, 0.2) is 29.2 Å². The van der Waals surface area contributed by atoms with Gasteiger partial charge in [-0.25, -0.2) is 8.42 Å². The average molecular weight is 323 g/mol. The minimum absolute atomic E-state index is 0.301.